The Morgan fingerprint density at radius 3 is 2.38 bits per heavy atom. The molecule has 0 fully saturated rings. The molecule has 1 unspecified atom stereocenters. The van der Waals surface area contributed by atoms with Gasteiger partial charge >= 0.3 is 6.03 Å². The Hall–Kier alpha value is -3.98. The lowest BCUT2D eigenvalue weighted by Crippen LogP contribution is -2.50. The number of nitriles is 1. The van der Waals surface area contributed by atoms with Crippen molar-refractivity contribution in [2.45, 2.75) is 20.0 Å². The lowest BCUT2D eigenvalue weighted by Gasteiger charge is -2.30. The van der Waals surface area contributed by atoms with Crippen molar-refractivity contribution < 1.29 is 4.79 Å². The summed E-state index contributed by atoms with van der Waals surface area (Å²) in [5.74, 6) is 0.456. The van der Waals surface area contributed by atoms with Crippen LogP contribution in [-0.4, -0.2) is 28.8 Å². The van der Waals surface area contributed by atoms with Gasteiger partial charge in [0.1, 0.15) is 5.84 Å². The lowest BCUT2D eigenvalue weighted by atomic mass is 10.0. The molecule has 0 saturated heterocycles. The highest BCUT2D eigenvalue weighted by atomic mass is 16.2. The molecule has 0 spiro atoms. The minimum atomic E-state index is -0.578. The second kappa shape index (κ2) is 7.56. The molecule has 1 N–H and O–H groups in total. The second-order valence-corrected chi connectivity index (χ2v) is 6.92. The summed E-state index contributed by atoms with van der Waals surface area (Å²) in [6, 6.07) is 16.9. The molecule has 29 heavy (non-hydrogen) atoms. The van der Waals surface area contributed by atoms with Gasteiger partial charge in [0, 0.05) is 5.56 Å². The number of aryl methyl sites for hydroxylation is 1. The van der Waals surface area contributed by atoms with Gasteiger partial charge in [-0.2, -0.15) is 15.4 Å². The minimum Gasteiger partial charge on any atom is -0.290 e. The number of nitrogens with zero attached hydrogens (tertiary/aromatic N) is 4. The Balaban J connectivity index is 1.78. The zero-order valence-corrected chi connectivity index (χ0v) is 16.1. The number of carbonyl (C=O) groups excluding carboxylic acids is 1. The van der Waals surface area contributed by atoms with Gasteiger partial charge in [-0.1, -0.05) is 35.9 Å². The molecule has 6 heteroatoms. The summed E-state index contributed by atoms with van der Waals surface area (Å²) < 4.78 is 0. The SMILES string of the molecule is CC1=NN2C(=O)NC(c3ccc(C#N)cc3)=NC2/C=C(\c2ccc(C)cc2)C=C1. The molecule has 0 radical (unpaired) electrons. The van der Waals surface area contributed by atoms with Crippen LogP contribution >= 0.6 is 0 Å². The van der Waals surface area contributed by atoms with Crippen molar-refractivity contribution in [2.75, 3.05) is 0 Å². The van der Waals surface area contributed by atoms with E-state index in [2.05, 4.69) is 40.8 Å². The molecule has 2 aromatic carbocycles. The summed E-state index contributed by atoms with van der Waals surface area (Å²) in [6.07, 6.45) is 5.23. The summed E-state index contributed by atoms with van der Waals surface area (Å²) in [7, 11) is 0. The first-order valence-electron chi connectivity index (χ1n) is 9.24. The fraction of sp³-hybridized carbons (Fsp3) is 0.130. The Labute approximate surface area is 169 Å². The third kappa shape index (κ3) is 3.85. The molecule has 142 valence electrons. The van der Waals surface area contributed by atoms with E-state index in [1.165, 1.54) is 10.6 Å². The maximum Gasteiger partial charge on any atom is 0.345 e. The number of aliphatic imine (C=N–C) groups is 1. The van der Waals surface area contributed by atoms with Crippen LogP contribution in [0.2, 0.25) is 0 Å². The van der Waals surface area contributed by atoms with Gasteiger partial charge in [0.25, 0.3) is 0 Å². The number of urea groups is 1. The Morgan fingerprint density at radius 2 is 1.69 bits per heavy atom. The van der Waals surface area contributed by atoms with Gasteiger partial charge in [-0.25, -0.2) is 9.79 Å². The molecular formula is C23H19N5O. The van der Waals surface area contributed by atoms with Crippen LogP contribution in [0, 0.1) is 18.3 Å². The number of amides is 2. The number of benzene rings is 2. The fourth-order valence-electron chi connectivity index (χ4n) is 3.13. The summed E-state index contributed by atoms with van der Waals surface area (Å²) in [4.78, 5) is 17.5. The number of fused-ring (bicyclic) bond motifs is 1. The molecular weight excluding hydrogens is 362 g/mol. The predicted molar refractivity (Wildman–Crippen MR) is 113 cm³/mol. The molecule has 0 aromatic heterocycles. The van der Waals surface area contributed by atoms with E-state index in [1.807, 2.05) is 32.1 Å². The molecule has 4 rings (SSSR count). The Morgan fingerprint density at radius 1 is 1.00 bits per heavy atom. The molecule has 1 atom stereocenters. The summed E-state index contributed by atoms with van der Waals surface area (Å²) >= 11 is 0. The smallest absolute Gasteiger partial charge is 0.290 e. The molecule has 6 nitrogen and oxygen atoms in total. The average molecular weight is 381 g/mol. The van der Waals surface area contributed by atoms with Gasteiger partial charge in [-0.3, -0.25) is 5.32 Å². The van der Waals surface area contributed by atoms with Gasteiger partial charge in [-0.05, 0) is 61.4 Å². The standard InChI is InChI=1S/C23H19N5O/c1-15-3-8-18(9-4-15)20-10-5-16(2)27-28-21(13-20)25-22(26-23(28)29)19-11-6-17(14-24)7-12-19/h3-13,21H,1-2H3,(H,25,26,29)/b10-5?,20-13-,27-16?. The maximum atomic E-state index is 12.8. The summed E-state index contributed by atoms with van der Waals surface area (Å²) in [5.41, 5.74) is 5.19. The van der Waals surface area contributed by atoms with E-state index in [-0.39, 0.29) is 6.03 Å². The van der Waals surface area contributed by atoms with Crippen LogP contribution in [0.25, 0.3) is 5.57 Å². The minimum absolute atomic E-state index is 0.349. The van der Waals surface area contributed by atoms with E-state index in [4.69, 9.17) is 10.3 Å². The van der Waals surface area contributed by atoms with E-state index in [0.717, 1.165) is 16.7 Å². The number of carbonyl (C=O) groups is 1. The molecule has 2 aliphatic rings. The van der Waals surface area contributed by atoms with E-state index < -0.39 is 6.17 Å². The Bertz CT molecular complexity index is 1120. The molecule has 2 heterocycles. The van der Waals surface area contributed by atoms with Crippen molar-refractivity contribution in [3.8, 4) is 6.07 Å². The van der Waals surface area contributed by atoms with Crippen LogP contribution in [0.3, 0.4) is 0 Å². The van der Waals surface area contributed by atoms with Crippen LogP contribution in [0.5, 0.6) is 0 Å². The highest BCUT2D eigenvalue weighted by molar-refractivity contribution is 6.09. The third-order valence-corrected chi connectivity index (χ3v) is 4.72. The number of hydrogen-bond acceptors (Lipinski definition) is 4. The number of amidine groups is 1. The van der Waals surface area contributed by atoms with Crippen molar-refractivity contribution in [1.82, 2.24) is 10.3 Å². The Kier molecular flexibility index (Phi) is 4.80. The van der Waals surface area contributed by atoms with Gasteiger partial charge in [0.2, 0.25) is 0 Å². The van der Waals surface area contributed by atoms with Crippen molar-refractivity contribution in [3.05, 3.63) is 89.0 Å². The van der Waals surface area contributed by atoms with Crippen LogP contribution < -0.4 is 5.32 Å². The highest BCUT2D eigenvalue weighted by Crippen LogP contribution is 2.23. The lowest BCUT2D eigenvalue weighted by molar-refractivity contribution is 0.191. The van der Waals surface area contributed by atoms with E-state index in [0.29, 0.717) is 17.1 Å². The fourth-order valence-corrected chi connectivity index (χ4v) is 3.13. The summed E-state index contributed by atoms with van der Waals surface area (Å²) in [5, 5.41) is 17.5. The largest absolute Gasteiger partial charge is 0.345 e. The second-order valence-electron chi connectivity index (χ2n) is 6.92. The quantitative estimate of drug-likeness (QED) is 0.853. The zero-order chi connectivity index (χ0) is 20.4. The van der Waals surface area contributed by atoms with Crippen molar-refractivity contribution in [3.63, 3.8) is 0 Å². The molecule has 0 saturated carbocycles. The van der Waals surface area contributed by atoms with Crippen LogP contribution in [0.4, 0.5) is 4.79 Å². The van der Waals surface area contributed by atoms with Gasteiger partial charge in [0.15, 0.2) is 6.17 Å². The van der Waals surface area contributed by atoms with Crippen LogP contribution in [0.15, 0.2) is 76.9 Å². The maximum absolute atomic E-state index is 12.8. The normalized spacial score (nSPS) is 20.2. The first-order valence-corrected chi connectivity index (χ1v) is 9.24. The summed E-state index contributed by atoms with van der Waals surface area (Å²) in [6.45, 7) is 3.89. The van der Waals surface area contributed by atoms with E-state index >= 15 is 0 Å². The number of allylic oxidation sites excluding steroid dienone is 3. The molecule has 0 bridgehead atoms. The topological polar surface area (TPSA) is 80.9 Å². The van der Waals surface area contributed by atoms with Gasteiger partial charge in [0.05, 0.1) is 17.3 Å². The van der Waals surface area contributed by atoms with Crippen LogP contribution in [0.1, 0.15) is 29.2 Å². The number of nitrogens with one attached hydrogen (secondary N) is 1. The molecule has 2 aromatic rings. The van der Waals surface area contributed by atoms with Crippen molar-refractivity contribution in [2.24, 2.45) is 10.1 Å². The molecule has 0 aliphatic carbocycles. The highest BCUT2D eigenvalue weighted by Gasteiger charge is 2.29. The molecule has 2 amide bonds. The predicted octanol–water partition coefficient (Wildman–Crippen LogP) is 3.99. The van der Waals surface area contributed by atoms with E-state index in [1.54, 1.807) is 24.3 Å². The van der Waals surface area contributed by atoms with Crippen LogP contribution in [-0.2, 0) is 0 Å². The number of hydrogen-bond donors (Lipinski definition) is 1. The van der Waals surface area contributed by atoms with E-state index in [9.17, 15) is 4.79 Å². The van der Waals surface area contributed by atoms with Crippen molar-refractivity contribution >= 4 is 23.2 Å². The van der Waals surface area contributed by atoms with Gasteiger partial charge < -0.3 is 0 Å². The zero-order valence-electron chi connectivity index (χ0n) is 16.1. The van der Waals surface area contributed by atoms with Crippen molar-refractivity contribution in [1.29, 1.82) is 5.26 Å². The number of rotatable bonds is 2. The first kappa shape index (κ1) is 18.4. The number of hydrazone groups is 1. The molecule has 2 aliphatic heterocycles. The average Bonchev–Trinajstić information content (AvgIpc) is 2.72. The third-order valence-electron chi connectivity index (χ3n) is 4.72. The monoisotopic (exact) mass is 381 g/mol. The van der Waals surface area contributed by atoms with Gasteiger partial charge in [-0.15, -0.1) is 0 Å². The first-order chi connectivity index (χ1) is 14.0.